The topological polar surface area (TPSA) is 32.7 Å². The molecule has 1 aliphatic heterocycles. The molecule has 1 heterocycles. The Bertz CT molecular complexity index is 240. The smallest absolute Gasteiger partial charge is 0.0555 e. The second-order valence-electron chi connectivity index (χ2n) is 6.23. The fourth-order valence-electron chi connectivity index (χ4n) is 3.15. The molecule has 0 radical (unpaired) electrons. The third-order valence-corrected chi connectivity index (χ3v) is 4.22. The van der Waals surface area contributed by atoms with Crippen LogP contribution in [0.15, 0.2) is 0 Å². The van der Waals surface area contributed by atoms with Gasteiger partial charge in [-0.1, -0.05) is 13.8 Å². The molecule has 1 saturated carbocycles. The quantitative estimate of drug-likeness (QED) is 0.793. The molecule has 2 fully saturated rings. The highest BCUT2D eigenvalue weighted by molar-refractivity contribution is 4.89. The molecule has 3 nitrogen and oxygen atoms in total. The highest BCUT2D eigenvalue weighted by atomic mass is 16.5. The van der Waals surface area contributed by atoms with Crippen molar-refractivity contribution in [3.63, 3.8) is 0 Å². The van der Waals surface area contributed by atoms with Gasteiger partial charge in [-0.2, -0.15) is 0 Å². The Labute approximate surface area is 98.8 Å². The maximum absolute atomic E-state index is 9.76. The number of hydrogen-bond acceptors (Lipinski definition) is 3. The molecule has 3 unspecified atom stereocenters. The molecule has 0 aromatic rings. The van der Waals surface area contributed by atoms with Crippen molar-refractivity contribution in [3.8, 4) is 0 Å². The van der Waals surface area contributed by atoms with E-state index >= 15 is 0 Å². The minimum absolute atomic E-state index is 0.0888. The molecule has 0 amide bonds. The lowest BCUT2D eigenvalue weighted by atomic mass is 9.81. The maximum atomic E-state index is 9.76. The molecule has 0 bridgehead atoms. The van der Waals surface area contributed by atoms with Crippen molar-refractivity contribution < 1.29 is 9.84 Å². The van der Waals surface area contributed by atoms with Crippen LogP contribution in [0.25, 0.3) is 0 Å². The first kappa shape index (κ1) is 12.3. The Morgan fingerprint density at radius 3 is 2.62 bits per heavy atom. The summed E-state index contributed by atoms with van der Waals surface area (Å²) in [4.78, 5) is 2.44. The zero-order valence-corrected chi connectivity index (χ0v) is 10.8. The van der Waals surface area contributed by atoms with Crippen LogP contribution in [-0.4, -0.2) is 49.0 Å². The largest absolute Gasteiger partial charge is 0.393 e. The molecule has 0 aromatic heterocycles. The van der Waals surface area contributed by atoms with Gasteiger partial charge in [0.2, 0.25) is 0 Å². The van der Waals surface area contributed by atoms with Gasteiger partial charge in [-0.25, -0.2) is 0 Å². The van der Waals surface area contributed by atoms with Gasteiger partial charge in [-0.3, -0.25) is 0 Å². The van der Waals surface area contributed by atoms with E-state index in [0.717, 1.165) is 39.0 Å². The molecular formula is C13H25NO2. The van der Waals surface area contributed by atoms with Gasteiger partial charge in [0.05, 0.1) is 19.3 Å². The zero-order chi connectivity index (χ0) is 11.8. The lowest BCUT2D eigenvalue weighted by molar-refractivity contribution is -0.121. The highest BCUT2D eigenvalue weighted by Gasteiger charge is 2.38. The molecule has 16 heavy (non-hydrogen) atoms. The molecule has 0 spiro atoms. The van der Waals surface area contributed by atoms with E-state index in [1.165, 1.54) is 0 Å². The summed E-state index contributed by atoms with van der Waals surface area (Å²) in [6, 6.07) is 0.543. The van der Waals surface area contributed by atoms with Crippen molar-refractivity contribution in [2.24, 2.45) is 11.3 Å². The van der Waals surface area contributed by atoms with Gasteiger partial charge in [0.15, 0.2) is 0 Å². The lowest BCUT2D eigenvalue weighted by Crippen LogP contribution is -2.52. The van der Waals surface area contributed by atoms with Crippen molar-refractivity contribution >= 4 is 0 Å². The number of rotatable bonds is 3. The fourth-order valence-corrected chi connectivity index (χ4v) is 3.15. The summed E-state index contributed by atoms with van der Waals surface area (Å²) in [5, 5.41) is 9.76. The fraction of sp³-hybridized carbons (Fsp3) is 1.00. The first-order valence-corrected chi connectivity index (χ1v) is 6.46. The van der Waals surface area contributed by atoms with Gasteiger partial charge in [0.25, 0.3) is 0 Å². The molecule has 2 aliphatic rings. The standard InChI is InChI=1S/C13H25NO2/c1-10-4-5-11(15)6-12(10)14(3)7-13(2)8-16-9-13/h10-12,15H,4-9H2,1-3H3. The molecule has 94 valence electrons. The average Bonchev–Trinajstić information content (AvgIpc) is 2.19. The van der Waals surface area contributed by atoms with Crippen molar-refractivity contribution in [3.05, 3.63) is 0 Å². The SMILES string of the molecule is CC1CCC(O)CC1N(C)CC1(C)COC1. The van der Waals surface area contributed by atoms with Gasteiger partial charge < -0.3 is 14.7 Å². The van der Waals surface area contributed by atoms with Gasteiger partial charge >= 0.3 is 0 Å². The van der Waals surface area contributed by atoms with Crippen LogP contribution in [0.1, 0.15) is 33.1 Å². The van der Waals surface area contributed by atoms with E-state index in [2.05, 4.69) is 25.8 Å². The first-order chi connectivity index (χ1) is 7.50. The molecule has 3 atom stereocenters. The molecule has 2 rings (SSSR count). The Morgan fingerprint density at radius 1 is 1.38 bits per heavy atom. The van der Waals surface area contributed by atoms with Crippen LogP contribution >= 0.6 is 0 Å². The van der Waals surface area contributed by atoms with E-state index < -0.39 is 0 Å². The van der Waals surface area contributed by atoms with Crippen LogP contribution in [0.2, 0.25) is 0 Å². The summed E-state index contributed by atoms with van der Waals surface area (Å²) in [7, 11) is 2.20. The molecule has 3 heteroatoms. The summed E-state index contributed by atoms with van der Waals surface area (Å²) in [5.74, 6) is 0.706. The molecule has 0 aromatic carbocycles. The Kier molecular flexibility index (Phi) is 3.57. The monoisotopic (exact) mass is 227 g/mol. The molecular weight excluding hydrogens is 202 g/mol. The number of ether oxygens (including phenoxy) is 1. The van der Waals surface area contributed by atoms with E-state index in [1.807, 2.05) is 0 Å². The van der Waals surface area contributed by atoms with Crippen LogP contribution in [0.5, 0.6) is 0 Å². The van der Waals surface area contributed by atoms with Crippen molar-refractivity contribution in [1.82, 2.24) is 4.90 Å². The predicted molar refractivity (Wildman–Crippen MR) is 64.4 cm³/mol. The summed E-state index contributed by atoms with van der Waals surface area (Å²) in [5.41, 5.74) is 0.344. The molecule has 1 saturated heterocycles. The third kappa shape index (κ3) is 2.58. The lowest BCUT2D eigenvalue weighted by Gasteiger charge is -2.45. The molecule has 1 aliphatic carbocycles. The summed E-state index contributed by atoms with van der Waals surface area (Å²) < 4.78 is 5.30. The van der Waals surface area contributed by atoms with Gasteiger partial charge in [-0.15, -0.1) is 0 Å². The minimum atomic E-state index is -0.0888. The van der Waals surface area contributed by atoms with Gasteiger partial charge in [0.1, 0.15) is 0 Å². The second kappa shape index (κ2) is 4.63. The van der Waals surface area contributed by atoms with Crippen LogP contribution in [0.4, 0.5) is 0 Å². The predicted octanol–water partition coefficient (Wildman–Crippen LogP) is 1.50. The summed E-state index contributed by atoms with van der Waals surface area (Å²) >= 11 is 0. The van der Waals surface area contributed by atoms with Crippen molar-refractivity contribution in [2.45, 2.75) is 45.3 Å². The average molecular weight is 227 g/mol. The van der Waals surface area contributed by atoms with Gasteiger partial charge in [0, 0.05) is 18.0 Å². The Balaban J connectivity index is 1.89. The van der Waals surface area contributed by atoms with Crippen LogP contribution in [0.3, 0.4) is 0 Å². The van der Waals surface area contributed by atoms with Crippen molar-refractivity contribution in [1.29, 1.82) is 0 Å². The molecule has 1 N–H and O–H groups in total. The number of aliphatic hydroxyl groups excluding tert-OH is 1. The first-order valence-electron chi connectivity index (χ1n) is 6.46. The van der Waals surface area contributed by atoms with Crippen LogP contribution in [0, 0.1) is 11.3 Å². The van der Waals surface area contributed by atoms with E-state index in [-0.39, 0.29) is 6.10 Å². The second-order valence-corrected chi connectivity index (χ2v) is 6.23. The van der Waals surface area contributed by atoms with E-state index in [9.17, 15) is 5.11 Å². The normalized spacial score (nSPS) is 38.4. The highest BCUT2D eigenvalue weighted by Crippen LogP contribution is 2.32. The Morgan fingerprint density at radius 2 is 2.06 bits per heavy atom. The number of aliphatic hydroxyl groups is 1. The van der Waals surface area contributed by atoms with Crippen LogP contribution in [-0.2, 0) is 4.74 Å². The van der Waals surface area contributed by atoms with E-state index in [4.69, 9.17) is 4.74 Å². The number of nitrogens with zero attached hydrogens (tertiary/aromatic N) is 1. The van der Waals surface area contributed by atoms with E-state index in [1.54, 1.807) is 0 Å². The third-order valence-electron chi connectivity index (χ3n) is 4.22. The van der Waals surface area contributed by atoms with Gasteiger partial charge in [-0.05, 0) is 32.2 Å². The zero-order valence-electron chi connectivity index (χ0n) is 10.8. The minimum Gasteiger partial charge on any atom is -0.393 e. The van der Waals surface area contributed by atoms with Crippen molar-refractivity contribution in [2.75, 3.05) is 26.8 Å². The summed E-state index contributed by atoms with van der Waals surface area (Å²) in [6.07, 6.45) is 2.98. The van der Waals surface area contributed by atoms with Crippen LogP contribution < -0.4 is 0 Å². The Hall–Kier alpha value is -0.120. The maximum Gasteiger partial charge on any atom is 0.0555 e. The number of hydrogen-bond donors (Lipinski definition) is 1. The van der Waals surface area contributed by atoms with E-state index in [0.29, 0.717) is 17.4 Å². The summed E-state index contributed by atoms with van der Waals surface area (Å²) in [6.45, 7) is 7.47.